The van der Waals surface area contributed by atoms with Gasteiger partial charge in [0.25, 0.3) is 0 Å². The SMILES string of the molecule is Nc1snnc1COc1ccc2cccnc2c1. The summed E-state index contributed by atoms with van der Waals surface area (Å²) in [6.07, 6.45) is 1.76. The molecular weight excluding hydrogens is 248 g/mol. The summed E-state index contributed by atoms with van der Waals surface area (Å²) in [5.41, 5.74) is 7.27. The molecule has 0 fully saturated rings. The van der Waals surface area contributed by atoms with Crippen molar-refractivity contribution >= 4 is 27.4 Å². The van der Waals surface area contributed by atoms with Crippen molar-refractivity contribution < 1.29 is 4.74 Å². The summed E-state index contributed by atoms with van der Waals surface area (Å²) in [5, 5.41) is 5.57. The highest BCUT2D eigenvalue weighted by atomic mass is 32.1. The molecule has 2 heterocycles. The van der Waals surface area contributed by atoms with E-state index in [1.807, 2.05) is 30.3 Å². The van der Waals surface area contributed by atoms with E-state index in [-0.39, 0.29) is 0 Å². The number of fused-ring (bicyclic) bond motifs is 1. The number of pyridine rings is 1. The van der Waals surface area contributed by atoms with Gasteiger partial charge in [-0.2, -0.15) is 0 Å². The standard InChI is InChI=1S/C12H10N4OS/c13-12-11(15-16-18-12)7-17-9-4-3-8-2-1-5-14-10(8)6-9/h1-6H,7,13H2. The quantitative estimate of drug-likeness (QED) is 0.780. The van der Waals surface area contributed by atoms with Crippen molar-refractivity contribution in [2.24, 2.45) is 0 Å². The van der Waals surface area contributed by atoms with Crippen LogP contribution in [0.25, 0.3) is 10.9 Å². The summed E-state index contributed by atoms with van der Waals surface area (Å²) in [7, 11) is 0. The average molecular weight is 258 g/mol. The maximum Gasteiger partial charge on any atom is 0.136 e. The van der Waals surface area contributed by atoms with Crippen molar-refractivity contribution in [3.05, 3.63) is 42.2 Å². The Morgan fingerprint density at radius 2 is 2.22 bits per heavy atom. The summed E-state index contributed by atoms with van der Waals surface area (Å²) in [6, 6.07) is 9.69. The van der Waals surface area contributed by atoms with Crippen LogP contribution in [-0.4, -0.2) is 14.6 Å². The maximum atomic E-state index is 5.70. The first kappa shape index (κ1) is 10.9. The molecule has 0 radical (unpaired) electrons. The van der Waals surface area contributed by atoms with Gasteiger partial charge < -0.3 is 10.5 Å². The number of anilines is 1. The largest absolute Gasteiger partial charge is 0.487 e. The lowest BCUT2D eigenvalue weighted by Gasteiger charge is -2.05. The fourth-order valence-corrected chi connectivity index (χ4v) is 2.04. The molecule has 0 aliphatic carbocycles. The molecule has 3 rings (SSSR count). The second kappa shape index (κ2) is 4.58. The van der Waals surface area contributed by atoms with Crippen LogP contribution in [0.15, 0.2) is 36.5 Å². The Kier molecular flexibility index (Phi) is 2.77. The van der Waals surface area contributed by atoms with E-state index in [4.69, 9.17) is 10.5 Å². The first-order valence-electron chi connectivity index (χ1n) is 5.37. The van der Waals surface area contributed by atoms with Crippen LogP contribution in [0.1, 0.15) is 5.69 Å². The number of rotatable bonds is 3. The molecule has 0 aliphatic heterocycles. The summed E-state index contributed by atoms with van der Waals surface area (Å²) >= 11 is 1.17. The van der Waals surface area contributed by atoms with Crippen LogP contribution in [0.3, 0.4) is 0 Å². The predicted octanol–water partition coefficient (Wildman–Crippen LogP) is 2.25. The number of ether oxygens (including phenoxy) is 1. The number of aromatic nitrogens is 3. The zero-order chi connectivity index (χ0) is 12.4. The number of benzene rings is 1. The number of hydrogen-bond acceptors (Lipinski definition) is 6. The zero-order valence-electron chi connectivity index (χ0n) is 9.41. The Bertz CT molecular complexity index is 682. The van der Waals surface area contributed by atoms with Crippen LogP contribution in [0, 0.1) is 0 Å². The topological polar surface area (TPSA) is 73.9 Å². The molecule has 5 nitrogen and oxygen atoms in total. The second-order valence-electron chi connectivity index (χ2n) is 3.73. The Labute approximate surface area is 107 Å². The third-order valence-corrected chi connectivity index (χ3v) is 3.13. The molecule has 0 saturated carbocycles. The molecule has 3 aromatic rings. The summed E-state index contributed by atoms with van der Waals surface area (Å²) in [5.74, 6) is 0.744. The number of nitrogens with two attached hydrogens (primary N) is 1. The van der Waals surface area contributed by atoms with E-state index in [0.717, 1.165) is 16.7 Å². The molecule has 0 bridgehead atoms. The molecular formula is C12H10N4OS. The van der Waals surface area contributed by atoms with Gasteiger partial charge in [0.1, 0.15) is 23.1 Å². The number of hydrogen-bond donors (Lipinski definition) is 1. The number of nitrogens with zero attached hydrogens (tertiary/aromatic N) is 3. The minimum Gasteiger partial charge on any atom is -0.487 e. The van der Waals surface area contributed by atoms with E-state index in [1.165, 1.54) is 11.5 Å². The van der Waals surface area contributed by atoms with Crippen molar-refractivity contribution in [2.45, 2.75) is 6.61 Å². The van der Waals surface area contributed by atoms with Crippen molar-refractivity contribution in [1.29, 1.82) is 0 Å². The molecule has 0 unspecified atom stereocenters. The van der Waals surface area contributed by atoms with E-state index in [1.54, 1.807) is 6.20 Å². The van der Waals surface area contributed by atoms with Gasteiger partial charge in [0, 0.05) is 29.2 Å². The van der Waals surface area contributed by atoms with Crippen LogP contribution >= 0.6 is 11.5 Å². The Hall–Kier alpha value is -2.21. The smallest absolute Gasteiger partial charge is 0.136 e. The van der Waals surface area contributed by atoms with Crippen molar-refractivity contribution in [3.63, 3.8) is 0 Å². The minimum absolute atomic E-state index is 0.320. The molecule has 6 heteroatoms. The lowest BCUT2D eigenvalue weighted by atomic mass is 10.2. The van der Waals surface area contributed by atoms with E-state index in [0.29, 0.717) is 17.3 Å². The first-order chi connectivity index (χ1) is 8.83. The van der Waals surface area contributed by atoms with Gasteiger partial charge in [-0.15, -0.1) is 5.10 Å². The average Bonchev–Trinajstić information content (AvgIpc) is 2.82. The van der Waals surface area contributed by atoms with Gasteiger partial charge in [-0.1, -0.05) is 10.6 Å². The fraction of sp³-hybridized carbons (Fsp3) is 0.0833. The molecule has 0 spiro atoms. The van der Waals surface area contributed by atoms with Crippen LogP contribution in [-0.2, 0) is 6.61 Å². The van der Waals surface area contributed by atoms with Crippen molar-refractivity contribution in [1.82, 2.24) is 14.6 Å². The van der Waals surface area contributed by atoms with E-state index >= 15 is 0 Å². The summed E-state index contributed by atoms with van der Waals surface area (Å²) < 4.78 is 9.38. The first-order valence-corrected chi connectivity index (χ1v) is 6.14. The van der Waals surface area contributed by atoms with Gasteiger partial charge >= 0.3 is 0 Å². The molecule has 1 aromatic carbocycles. The Balaban J connectivity index is 1.81. The molecule has 2 N–H and O–H groups in total. The highest BCUT2D eigenvalue weighted by molar-refractivity contribution is 7.09. The van der Waals surface area contributed by atoms with E-state index in [2.05, 4.69) is 14.6 Å². The van der Waals surface area contributed by atoms with Crippen LogP contribution in [0.2, 0.25) is 0 Å². The van der Waals surface area contributed by atoms with Crippen molar-refractivity contribution in [3.8, 4) is 5.75 Å². The third kappa shape index (κ3) is 2.10. The van der Waals surface area contributed by atoms with E-state index < -0.39 is 0 Å². The molecule has 0 aliphatic rings. The highest BCUT2D eigenvalue weighted by Gasteiger charge is 2.05. The molecule has 0 amide bonds. The fourth-order valence-electron chi connectivity index (χ4n) is 1.60. The van der Waals surface area contributed by atoms with Crippen molar-refractivity contribution in [2.75, 3.05) is 5.73 Å². The van der Waals surface area contributed by atoms with E-state index in [9.17, 15) is 0 Å². The predicted molar refractivity (Wildman–Crippen MR) is 70.4 cm³/mol. The molecule has 0 atom stereocenters. The molecule has 90 valence electrons. The molecule has 2 aromatic heterocycles. The van der Waals surface area contributed by atoms with Gasteiger partial charge in [0.2, 0.25) is 0 Å². The minimum atomic E-state index is 0.320. The summed E-state index contributed by atoms with van der Waals surface area (Å²) in [4.78, 5) is 4.27. The monoisotopic (exact) mass is 258 g/mol. The molecule has 18 heavy (non-hydrogen) atoms. The second-order valence-corrected chi connectivity index (χ2v) is 4.52. The zero-order valence-corrected chi connectivity index (χ0v) is 10.2. The van der Waals surface area contributed by atoms with Crippen LogP contribution in [0.4, 0.5) is 5.00 Å². The third-order valence-electron chi connectivity index (χ3n) is 2.54. The van der Waals surface area contributed by atoms with Crippen LogP contribution < -0.4 is 10.5 Å². The summed E-state index contributed by atoms with van der Waals surface area (Å²) in [6.45, 7) is 0.320. The lowest BCUT2D eigenvalue weighted by Crippen LogP contribution is -1.99. The Morgan fingerprint density at radius 3 is 3.06 bits per heavy atom. The van der Waals surface area contributed by atoms with Gasteiger partial charge in [0.05, 0.1) is 5.52 Å². The molecule has 0 saturated heterocycles. The Morgan fingerprint density at radius 1 is 1.28 bits per heavy atom. The maximum absolute atomic E-state index is 5.70. The van der Waals surface area contributed by atoms with Gasteiger partial charge in [-0.3, -0.25) is 4.98 Å². The van der Waals surface area contributed by atoms with Gasteiger partial charge in [0.15, 0.2) is 0 Å². The highest BCUT2D eigenvalue weighted by Crippen LogP contribution is 2.21. The normalized spacial score (nSPS) is 10.7. The van der Waals surface area contributed by atoms with Gasteiger partial charge in [-0.05, 0) is 18.2 Å². The van der Waals surface area contributed by atoms with Crippen LogP contribution in [0.5, 0.6) is 5.75 Å². The van der Waals surface area contributed by atoms with Gasteiger partial charge in [-0.25, -0.2) is 0 Å². The lowest BCUT2D eigenvalue weighted by molar-refractivity contribution is 0.302. The number of nitrogen functional groups attached to an aromatic ring is 1.